The van der Waals surface area contributed by atoms with Crippen LogP contribution in [0.4, 0.5) is 5.69 Å². The molecule has 5 heteroatoms. The molecule has 1 aromatic carbocycles. The Morgan fingerprint density at radius 2 is 2.42 bits per heavy atom. The first-order valence-electron chi connectivity index (χ1n) is 6.52. The zero-order chi connectivity index (χ0) is 13.7. The number of anilines is 1. The summed E-state index contributed by atoms with van der Waals surface area (Å²) in [5, 5.41) is 2.91. The molecular formula is C14H20N2O2S. The van der Waals surface area contributed by atoms with Gasteiger partial charge in [0, 0.05) is 23.7 Å². The van der Waals surface area contributed by atoms with E-state index < -0.39 is 0 Å². The van der Waals surface area contributed by atoms with E-state index in [1.165, 1.54) is 11.8 Å². The fourth-order valence-corrected chi connectivity index (χ4v) is 2.90. The van der Waals surface area contributed by atoms with Crippen LogP contribution >= 0.6 is 11.8 Å². The number of rotatable bonds is 5. The van der Waals surface area contributed by atoms with Crippen LogP contribution in [0.15, 0.2) is 23.1 Å². The minimum Gasteiger partial charge on any atom is -0.399 e. The van der Waals surface area contributed by atoms with Crippen LogP contribution < -0.4 is 11.1 Å². The van der Waals surface area contributed by atoms with E-state index in [-0.39, 0.29) is 12.0 Å². The summed E-state index contributed by atoms with van der Waals surface area (Å²) in [6.07, 6.45) is 2.34. The zero-order valence-electron chi connectivity index (χ0n) is 11.1. The molecule has 0 saturated carbocycles. The van der Waals surface area contributed by atoms with Gasteiger partial charge in [-0.25, -0.2) is 0 Å². The number of nitrogens with one attached hydrogen (secondary N) is 1. The lowest BCUT2D eigenvalue weighted by Gasteiger charge is -2.11. The second-order valence-corrected chi connectivity index (χ2v) is 5.77. The van der Waals surface area contributed by atoms with Gasteiger partial charge in [0.1, 0.15) is 0 Å². The number of amides is 1. The Kier molecular flexibility index (Phi) is 5.10. The molecule has 1 fully saturated rings. The number of nitrogen functional groups attached to an aromatic ring is 1. The monoisotopic (exact) mass is 280 g/mol. The lowest BCUT2D eigenvalue weighted by Crippen LogP contribution is -2.32. The molecule has 0 spiro atoms. The Morgan fingerprint density at radius 1 is 1.58 bits per heavy atom. The second kappa shape index (κ2) is 6.82. The summed E-state index contributed by atoms with van der Waals surface area (Å²) in [6.45, 7) is 3.46. The van der Waals surface area contributed by atoms with E-state index in [0.29, 0.717) is 12.3 Å². The maximum atomic E-state index is 11.8. The van der Waals surface area contributed by atoms with E-state index in [4.69, 9.17) is 10.5 Å². The minimum absolute atomic E-state index is 0.0438. The highest BCUT2D eigenvalue weighted by molar-refractivity contribution is 8.00. The normalized spacial score (nSPS) is 18.5. The van der Waals surface area contributed by atoms with E-state index in [1.807, 2.05) is 25.1 Å². The summed E-state index contributed by atoms with van der Waals surface area (Å²) in [7, 11) is 0. The van der Waals surface area contributed by atoms with Gasteiger partial charge < -0.3 is 15.8 Å². The van der Waals surface area contributed by atoms with Crippen molar-refractivity contribution in [1.82, 2.24) is 5.32 Å². The van der Waals surface area contributed by atoms with Crippen LogP contribution in [0.2, 0.25) is 0 Å². The number of nitrogens with two attached hydrogens (primary N) is 1. The first kappa shape index (κ1) is 14.2. The third-order valence-corrected chi connectivity index (χ3v) is 4.28. The van der Waals surface area contributed by atoms with Crippen molar-refractivity contribution in [2.75, 3.05) is 24.6 Å². The standard InChI is InChI=1S/C14H20N2O2S/c1-10-4-5-11(15)7-13(10)19-9-14(17)16-8-12-3-2-6-18-12/h4-5,7,12H,2-3,6,8-9,15H2,1H3,(H,16,17). The molecule has 1 heterocycles. The largest absolute Gasteiger partial charge is 0.399 e. The Balaban J connectivity index is 1.74. The molecule has 0 aliphatic carbocycles. The molecule has 0 aromatic heterocycles. The van der Waals surface area contributed by atoms with Crippen molar-refractivity contribution in [1.29, 1.82) is 0 Å². The molecule has 1 saturated heterocycles. The van der Waals surface area contributed by atoms with Crippen LogP contribution in [-0.2, 0) is 9.53 Å². The van der Waals surface area contributed by atoms with Crippen molar-refractivity contribution in [3.8, 4) is 0 Å². The topological polar surface area (TPSA) is 64.4 Å². The summed E-state index contributed by atoms with van der Waals surface area (Å²) in [4.78, 5) is 12.8. The Morgan fingerprint density at radius 3 is 3.16 bits per heavy atom. The summed E-state index contributed by atoms with van der Waals surface area (Å²) >= 11 is 1.52. The SMILES string of the molecule is Cc1ccc(N)cc1SCC(=O)NCC1CCCO1. The molecule has 1 aliphatic heterocycles. The van der Waals surface area contributed by atoms with Crippen molar-refractivity contribution >= 4 is 23.4 Å². The zero-order valence-corrected chi connectivity index (χ0v) is 12.0. The fraction of sp³-hybridized carbons (Fsp3) is 0.500. The lowest BCUT2D eigenvalue weighted by molar-refractivity contribution is -0.119. The van der Waals surface area contributed by atoms with E-state index in [2.05, 4.69) is 5.32 Å². The number of benzene rings is 1. The van der Waals surface area contributed by atoms with Crippen LogP contribution in [-0.4, -0.2) is 30.9 Å². The summed E-state index contributed by atoms with van der Waals surface area (Å²) in [5.41, 5.74) is 7.62. The first-order valence-corrected chi connectivity index (χ1v) is 7.51. The maximum absolute atomic E-state index is 11.8. The molecule has 0 bridgehead atoms. The van der Waals surface area contributed by atoms with E-state index in [0.717, 1.165) is 35.6 Å². The van der Waals surface area contributed by atoms with Crippen molar-refractivity contribution in [3.05, 3.63) is 23.8 Å². The first-order chi connectivity index (χ1) is 9.15. The van der Waals surface area contributed by atoms with Gasteiger partial charge in [0.05, 0.1) is 11.9 Å². The van der Waals surface area contributed by atoms with Gasteiger partial charge in [-0.15, -0.1) is 11.8 Å². The molecule has 1 aromatic rings. The third kappa shape index (κ3) is 4.44. The smallest absolute Gasteiger partial charge is 0.230 e. The summed E-state index contributed by atoms with van der Waals surface area (Å²) in [5.74, 6) is 0.458. The predicted octanol–water partition coefficient (Wildman–Crippen LogP) is 1.96. The van der Waals surface area contributed by atoms with Gasteiger partial charge in [-0.3, -0.25) is 4.79 Å². The summed E-state index contributed by atoms with van der Waals surface area (Å²) < 4.78 is 5.46. The van der Waals surface area contributed by atoms with Crippen molar-refractivity contribution in [3.63, 3.8) is 0 Å². The van der Waals surface area contributed by atoms with Gasteiger partial charge in [0.2, 0.25) is 5.91 Å². The Hall–Kier alpha value is -1.20. The maximum Gasteiger partial charge on any atom is 0.230 e. The number of ether oxygens (including phenoxy) is 1. The number of aryl methyl sites for hydroxylation is 1. The Bertz CT molecular complexity index is 445. The number of thioether (sulfide) groups is 1. The van der Waals surface area contributed by atoms with Gasteiger partial charge in [0.15, 0.2) is 0 Å². The quantitative estimate of drug-likeness (QED) is 0.639. The average molecular weight is 280 g/mol. The van der Waals surface area contributed by atoms with Gasteiger partial charge in [-0.1, -0.05) is 6.07 Å². The third-order valence-electron chi connectivity index (χ3n) is 3.12. The van der Waals surface area contributed by atoms with E-state index in [1.54, 1.807) is 0 Å². The van der Waals surface area contributed by atoms with Crippen molar-refractivity contribution in [2.24, 2.45) is 0 Å². The molecule has 0 radical (unpaired) electrons. The number of carbonyl (C=O) groups excluding carboxylic acids is 1. The Labute approximate surface area is 118 Å². The van der Waals surface area contributed by atoms with Crippen LogP contribution in [0.25, 0.3) is 0 Å². The fourth-order valence-electron chi connectivity index (χ4n) is 2.00. The van der Waals surface area contributed by atoms with Crippen LogP contribution in [0.3, 0.4) is 0 Å². The van der Waals surface area contributed by atoms with E-state index in [9.17, 15) is 4.79 Å². The summed E-state index contributed by atoms with van der Waals surface area (Å²) in [6, 6.07) is 5.76. The highest BCUT2D eigenvalue weighted by atomic mass is 32.2. The molecular weight excluding hydrogens is 260 g/mol. The van der Waals surface area contributed by atoms with Crippen molar-refractivity contribution in [2.45, 2.75) is 30.8 Å². The molecule has 1 amide bonds. The van der Waals surface area contributed by atoms with Gasteiger partial charge >= 0.3 is 0 Å². The highest BCUT2D eigenvalue weighted by Gasteiger charge is 2.16. The second-order valence-electron chi connectivity index (χ2n) is 4.75. The molecule has 1 unspecified atom stereocenters. The molecule has 1 aliphatic rings. The van der Waals surface area contributed by atoms with Gasteiger partial charge in [-0.05, 0) is 37.5 Å². The number of hydrogen-bond acceptors (Lipinski definition) is 4. The van der Waals surface area contributed by atoms with Crippen LogP contribution in [0.5, 0.6) is 0 Å². The highest BCUT2D eigenvalue weighted by Crippen LogP contribution is 2.24. The van der Waals surface area contributed by atoms with Crippen LogP contribution in [0.1, 0.15) is 18.4 Å². The number of hydrogen-bond donors (Lipinski definition) is 2. The lowest BCUT2D eigenvalue weighted by atomic mass is 10.2. The molecule has 2 rings (SSSR count). The van der Waals surface area contributed by atoms with E-state index >= 15 is 0 Å². The molecule has 4 nitrogen and oxygen atoms in total. The van der Waals surface area contributed by atoms with Crippen molar-refractivity contribution < 1.29 is 9.53 Å². The molecule has 3 N–H and O–H groups in total. The molecule has 19 heavy (non-hydrogen) atoms. The van der Waals surface area contributed by atoms with Crippen LogP contribution in [0, 0.1) is 6.92 Å². The number of carbonyl (C=O) groups is 1. The van der Waals surface area contributed by atoms with Gasteiger partial charge in [-0.2, -0.15) is 0 Å². The minimum atomic E-state index is 0.0438. The van der Waals surface area contributed by atoms with Gasteiger partial charge in [0.25, 0.3) is 0 Å². The predicted molar refractivity (Wildman–Crippen MR) is 78.3 cm³/mol. The average Bonchev–Trinajstić information content (AvgIpc) is 2.90. The molecule has 1 atom stereocenters. The molecule has 104 valence electrons.